The SMILES string of the molecule is Cc1oc2ccccc2c1CN1CCCCC1C(C)N.Cl. The van der Waals surface area contributed by atoms with Crippen molar-refractivity contribution < 1.29 is 4.42 Å². The van der Waals surface area contributed by atoms with Crippen LogP contribution in [0.2, 0.25) is 0 Å². The van der Waals surface area contributed by atoms with Gasteiger partial charge in [0.1, 0.15) is 11.3 Å². The number of hydrogen-bond donors (Lipinski definition) is 1. The van der Waals surface area contributed by atoms with Gasteiger partial charge in [0.25, 0.3) is 0 Å². The van der Waals surface area contributed by atoms with Crippen molar-refractivity contribution in [2.24, 2.45) is 5.73 Å². The van der Waals surface area contributed by atoms with Crippen LogP contribution < -0.4 is 5.73 Å². The van der Waals surface area contributed by atoms with Crippen LogP contribution in [0.15, 0.2) is 28.7 Å². The summed E-state index contributed by atoms with van der Waals surface area (Å²) >= 11 is 0. The van der Waals surface area contributed by atoms with Crippen LogP contribution in [0.5, 0.6) is 0 Å². The molecule has 116 valence electrons. The summed E-state index contributed by atoms with van der Waals surface area (Å²) in [6, 6.07) is 9.04. The van der Waals surface area contributed by atoms with Crippen molar-refractivity contribution in [2.75, 3.05) is 6.54 Å². The topological polar surface area (TPSA) is 42.4 Å². The number of para-hydroxylation sites is 1. The Bertz CT molecular complexity index is 593. The first-order valence-corrected chi connectivity index (χ1v) is 7.63. The van der Waals surface area contributed by atoms with Gasteiger partial charge in [0.05, 0.1) is 0 Å². The van der Waals surface area contributed by atoms with Gasteiger partial charge in [0.15, 0.2) is 0 Å². The number of benzene rings is 1. The highest BCUT2D eigenvalue weighted by atomic mass is 35.5. The molecule has 1 aromatic heterocycles. The molecule has 0 radical (unpaired) electrons. The molecule has 0 spiro atoms. The number of hydrogen-bond acceptors (Lipinski definition) is 3. The molecule has 1 aromatic carbocycles. The highest BCUT2D eigenvalue weighted by Gasteiger charge is 2.26. The van der Waals surface area contributed by atoms with Gasteiger partial charge >= 0.3 is 0 Å². The van der Waals surface area contributed by atoms with E-state index in [-0.39, 0.29) is 18.4 Å². The Morgan fingerprint density at radius 2 is 2.10 bits per heavy atom. The summed E-state index contributed by atoms with van der Waals surface area (Å²) in [6.07, 6.45) is 3.79. The molecule has 4 heteroatoms. The monoisotopic (exact) mass is 308 g/mol. The molecule has 1 aliphatic rings. The molecule has 3 rings (SSSR count). The number of aryl methyl sites for hydroxylation is 1. The number of fused-ring (bicyclic) bond motifs is 1. The van der Waals surface area contributed by atoms with Gasteiger partial charge in [0.2, 0.25) is 0 Å². The van der Waals surface area contributed by atoms with Crippen LogP contribution >= 0.6 is 12.4 Å². The first-order valence-electron chi connectivity index (χ1n) is 7.63. The highest BCUT2D eigenvalue weighted by molar-refractivity contribution is 5.85. The van der Waals surface area contributed by atoms with Crippen LogP contribution in [-0.4, -0.2) is 23.5 Å². The van der Waals surface area contributed by atoms with Crippen molar-refractivity contribution in [3.8, 4) is 0 Å². The molecule has 1 saturated heterocycles. The van der Waals surface area contributed by atoms with Gasteiger partial charge in [-0.1, -0.05) is 24.6 Å². The van der Waals surface area contributed by atoms with Crippen LogP contribution in [0.1, 0.15) is 37.5 Å². The minimum absolute atomic E-state index is 0. The molecule has 2 N–H and O–H groups in total. The summed E-state index contributed by atoms with van der Waals surface area (Å²) in [4.78, 5) is 2.54. The molecule has 2 aromatic rings. The predicted molar refractivity (Wildman–Crippen MR) is 89.9 cm³/mol. The minimum atomic E-state index is 0. The first-order chi connectivity index (χ1) is 9.66. The number of furan rings is 1. The summed E-state index contributed by atoms with van der Waals surface area (Å²) in [5.41, 5.74) is 8.49. The molecule has 21 heavy (non-hydrogen) atoms. The van der Waals surface area contributed by atoms with Gasteiger partial charge < -0.3 is 10.2 Å². The van der Waals surface area contributed by atoms with E-state index in [1.165, 1.54) is 30.2 Å². The third kappa shape index (κ3) is 3.25. The molecule has 0 saturated carbocycles. The van der Waals surface area contributed by atoms with Crippen LogP contribution in [0.3, 0.4) is 0 Å². The third-order valence-electron chi connectivity index (χ3n) is 4.53. The van der Waals surface area contributed by atoms with E-state index in [0.29, 0.717) is 6.04 Å². The zero-order valence-corrected chi connectivity index (χ0v) is 13.7. The van der Waals surface area contributed by atoms with Crippen molar-refractivity contribution in [3.05, 3.63) is 35.6 Å². The van der Waals surface area contributed by atoms with Crippen LogP contribution in [0.4, 0.5) is 0 Å². The summed E-state index contributed by atoms with van der Waals surface area (Å²) in [6.45, 7) is 6.30. The number of piperidine rings is 1. The second kappa shape index (κ2) is 6.82. The van der Waals surface area contributed by atoms with Crippen molar-refractivity contribution in [2.45, 2.75) is 51.7 Å². The standard InChI is InChI=1S/C17H24N2O.ClH/c1-12(18)16-8-5-6-10-19(16)11-15-13(2)20-17-9-4-3-7-14(15)17;/h3-4,7,9,12,16H,5-6,8,10-11,18H2,1-2H3;1H. The van der Waals surface area contributed by atoms with E-state index < -0.39 is 0 Å². The Morgan fingerprint density at radius 3 is 2.86 bits per heavy atom. The summed E-state index contributed by atoms with van der Waals surface area (Å²) < 4.78 is 5.88. The fourth-order valence-electron chi connectivity index (χ4n) is 3.43. The second-order valence-electron chi connectivity index (χ2n) is 6.03. The number of likely N-dealkylation sites (tertiary alicyclic amines) is 1. The average molecular weight is 309 g/mol. The molecule has 2 atom stereocenters. The van der Waals surface area contributed by atoms with Crippen molar-refractivity contribution in [1.29, 1.82) is 0 Å². The summed E-state index contributed by atoms with van der Waals surface area (Å²) in [5.74, 6) is 1.04. The van der Waals surface area contributed by atoms with E-state index in [2.05, 4.69) is 30.9 Å². The Morgan fingerprint density at radius 1 is 1.33 bits per heavy atom. The minimum Gasteiger partial charge on any atom is -0.461 e. The maximum atomic E-state index is 6.17. The van der Waals surface area contributed by atoms with E-state index in [1.54, 1.807) is 0 Å². The molecule has 0 bridgehead atoms. The number of nitrogens with zero attached hydrogens (tertiary/aromatic N) is 1. The Kier molecular flexibility index (Phi) is 5.31. The van der Waals surface area contributed by atoms with Crippen LogP contribution in [0.25, 0.3) is 11.0 Å². The number of nitrogens with two attached hydrogens (primary N) is 1. The third-order valence-corrected chi connectivity index (χ3v) is 4.53. The van der Waals surface area contributed by atoms with E-state index in [0.717, 1.165) is 24.4 Å². The van der Waals surface area contributed by atoms with Crippen molar-refractivity contribution >= 4 is 23.4 Å². The Labute approximate surface area is 132 Å². The second-order valence-corrected chi connectivity index (χ2v) is 6.03. The van der Waals surface area contributed by atoms with E-state index >= 15 is 0 Å². The zero-order chi connectivity index (χ0) is 14.1. The number of halogens is 1. The van der Waals surface area contributed by atoms with E-state index in [9.17, 15) is 0 Å². The highest BCUT2D eigenvalue weighted by Crippen LogP contribution is 2.29. The van der Waals surface area contributed by atoms with Gasteiger partial charge in [0, 0.05) is 29.6 Å². The molecule has 1 fully saturated rings. The average Bonchev–Trinajstić information content (AvgIpc) is 2.76. The largest absolute Gasteiger partial charge is 0.461 e. The fourth-order valence-corrected chi connectivity index (χ4v) is 3.43. The molecular formula is C17H25ClN2O. The Hall–Kier alpha value is -1.03. The van der Waals surface area contributed by atoms with Gasteiger partial charge in [-0.3, -0.25) is 4.90 Å². The van der Waals surface area contributed by atoms with Crippen LogP contribution in [0, 0.1) is 6.92 Å². The van der Waals surface area contributed by atoms with E-state index in [4.69, 9.17) is 10.2 Å². The van der Waals surface area contributed by atoms with Crippen molar-refractivity contribution in [3.63, 3.8) is 0 Å². The summed E-state index contributed by atoms with van der Waals surface area (Å²) in [5, 5.41) is 1.25. The lowest BCUT2D eigenvalue weighted by molar-refractivity contribution is 0.123. The molecule has 2 unspecified atom stereocenters. The Balaban J connectivity index is 0.00000161. The molecule has 2 heterocycles. The molecule has 0 aliphatic carbocycles. The van der Waals surface area contributed by atoms with Crippen molar-refractivity contribution in [1.82, 2.24) is 4.90 Å². The molecule has 1 aliphatic heterocycles. The van der Waals surface area contributed by atoms with E-state index in [1.807, 2.05) is 12.1 Å². The molecule has 0 amide bonds. The predicted octanol–water partition coefficient (Wildman–Crippen LogP) is 3.86. The fraction of sp³-hybridized carbons (Fsp3) is 0.529. The smallest absolute Gasteiger partial charge is 0.134 e. The lowest BCUT2D eigenvalue weighted by Crippen LogP contribution is -2.48. The van der Waals surface area contributed by atoms with Gasteiger partial charge in [-0.15, -0.1) is 12.4 Å². The molecular weight excluding hydrogens is 284 g/mol. The van der Waals surface area contributed by atoms with Gasteiger partial charge in [-0.2, -0.15) is 0 Å². The molecule has 3 nitrogen and oxygen atoms in total. The maximum Gasteiger partial charge on any atom is 0.134 e. The van der Waals surface area contributed by atoms with Crippen LogP contribution in [-0.2, 0) is 6.54 Å². The quantitative estimate of drug-likeness (QED) is 0.936. The lowest BCUT2D eigenvalue weighted by Gasteiger charge is -2.38. The number of rotatable bonds is 3. The maximum absolute atomic E-state index is 6.17. The lowest BCUT2D eigenvalue weighted by atomic mass is 9.96. The van der Waals surface area contributed by atoms with Gasteiger partial charge in [-0.05, 0) is 39.3 Å². The first kappa shape index (κ1) is 16.3. The summed E-state index contributed by atoms with van der Waals surface area (Å²) in [7, 11) is 0. The normalized spacial score (nSPS) is 21.2. The zero-order valence-electron chi connectivity index (χ0n) is 12.8. The van der Waals surface area contributed by atoms with Gasteiger partial charge in [-0.25, -0.2) is 0 Å².